The molecule has 0 atom stereocenters. The predicted octanol–water partition coefficient (Wildman–Crippen LogP) is 5.61. The molecular formula is C23H24N2O2S. The van der Waals surface area contributed by atoms with E-state index in [-0.39, 0.29) is 5.91 Å². The Bertz CT molecular complexity index is 929. The third-order valence-electron chi connectivity index (χ3n) is 5.10. The van der Waals surface area contributed by atoms with Gasteiger partial charge >= 0.3 is 0 Å². The summed E-state index contributed by atoms with van der Waals surface area (Å²) in [5, 5.41) is 3.12. The van der Waals surface area contributed by atoms with Crippen LogP contribution in [0.3, 0.4) is 0 Å². The largest absolute Gasteiger partial charge is 0.441 e. The summed E-state index contributed by atoms with van der Waals surface area (Å²) in [5.41, 5.74) is 2.52. The Balaban J connectivity index is 1.42. The highest BCUT2D eigenvalue weighted by molar-refractivity contribution is 7.98. The first-order valence-electron chi connectivity index (χ1n) is 9.74. The molecule has 1 aliphatic rings. The molecule has 1 saturated carbocycles. The van der Waals surface area contributed by atoms with E-state index < -0.39 is 0 Å². The Morgan fingerprint density at radius 1 is 1.11 bits per heavy atom. The molecule has 4 rings (SSSR count). The fourth-order valence-electron chi connectivity index (χ4n) is 3.46. The number of rotatable bonds is 6. The highest BCUT2D eigenvalue weighted by Gasteiger charge is 2.18. The lowest BCUT2D eigenvalue weighted by Gasteiger charge is -2.11. The maximum absolute atomic E-state index is 12.4. The van der Waals surface area contributed by atoms with Gasteiger partial charge in [0.2, 0.25) is 5.89 Å². The average Bonchev–Trinajstić information content (AvgIpc) is 3.37. The van der Waals surface area contributed by atoms with Crippen molar-refractivity contribution >= 4 is 17.7 Å². The number of carbonyl (C=O) groups is 1. The first-order chi connectivity index (χ1) is 13.7. The van der Waals surface area contributed by atoms with Crippen LogP contribution in [-0.2, 0) is 5.75 Å². The smallest absolute Gasteiger partial charge is 0.251 e. The number of nitrogens with one attached hydrogen (secondary N) is 1. The Kier molecular flexibility index (Phi) is 5.81. The topological polar surface area (TPSA) is 55.1 Å². The molecule has 4 nitrogen and oxygen atoms in total. The Hall–Kier alpha value is -2.53. The summed E-state index contributed by atoms with van der Waals surface area (Å²) in [5.74, 6) is 2.20. The van der Waals surface area contributed by atoms with Crippen molar-refractivity contribution < 1.29 is 9.21 Å². The number of aromatic nitrogens is 1. The Morgan fingerprint density at radius 2 is 1.82 bits per heavy atom. The number of thioether (sulfide) groups is 1. The normalized spacial score (nSPS) is 14.3. The monoisotopic (exact) mass is 392 g/mol. The molecule has 1 fully saturated rings. The van der Waals surface area contributed by atoms with Crippen LogP contribution in [0, 0.1) is 6.92 Å². The standard InChI is InChI=1S/C23H24N2O2S/c1-16-21(15-28-20-9-3-2-4-10-20)25-23(27-16)18-13-11-17(12-14-18)22(26)24-19-7-5-6-8-19/h2-4,9-14,19H,5-8,15H2,1H3,(H,24,26). The van der Waals surface area contributed by atoms with Crippen molar-refractivity contribution in [3.05, 3.63) is 71.6 Å². The van der Waals surface area contributed by atoms with Crippen molar-refractivity contribution in [1.82, 2.24) is 10.3 Å². The maximum atomic E-state index is 12.4. The Morgan fingerprint density at radius 3 is 2.54 bits per heavy atom. The predicted molar refractivity (Wildman–Crippen MR) is 112 cm³/mol. The van der Waals surface area contributed by atoms with Crippen molar-refractivity contribution in [3.63, 3.8) is 0 Å². The van der Waals surface area contributed by atoms with E-state index in [1.165, 1.54) is 17.7 Å². The van der Waals surface area contributed by atoms with Crippen molar-refractivity contribution in [2.45, 2.75) is 49.3 Å². The zero-order valence-electron chi connectivity index (χ0n) is 16.0. The minimum Gasteiger partial charge on any atom is -0.441 e. The van der Waals surface area contributed by atoms with E-state index in [2.05, 4.69) is 22.4 Å². The number of benzene rings is 2. The van der Waals surface area contributed by atoms with Crippen LogP contribution in [-0.4, -0.2) is 16.9 Å². The molecule has 3 aromatic rings. The van der Waals surface area contributed by atoms with Crippen LogP contribution in [0.5, 0.6) is 0 Å². The lowest BCUT2D eigenvalue weighted by molar-refractivity contribution is 0.0938. The third-order valence-corrected chi connectivity index (χ3v) is 6.12. The van der Waals surface area contributed by atoms with E-state index in [1.807, 2.05) is 49.4 Å². The second-order valence-corrected chi connectivity index (χ2v) is 8.20. The molecule has 0 radical (unpaired) electrons. The van der Waals surface area contributed by atoms with E-state index in [1.54, 1.807) is 11.8 Å². The summed E-state index contributed by atoms with van der Waals surface area (Å²) >= 11 is 1.74. The molecule has 1 heterocycles. The molecule has 0 unspecified atom stereocenters. The van der Waals surface area contributed by atoms with Gasteiger partial charge in [-0.05, 0) is 56.2 Å². The van der Waals surface area contributed by atoms with Crippen molar-refractivity contribution in [1.29, 1.82) is 0 Å². The van der Waals surface area contributed by atoms with Gasteiger partial charge in [0.25, 0.3) is 5.91 Å². The molecule has 0 bridgehead atoms. The molecular weight excluding hydrogens is 368 g/mol. The molecule has 1 aliphatic carbocycles. The zero-order chi connectivity index (χ0) is 19.3. The van der Waals surface area contributed by atoms with Gasteiger partial charge in [-0.1, -0.05) is 31.0 Å². The molecule has 2 aromatic carbocycles. The second kappa shape index (κ2) is 8.65. The molecule has 28 heavy (non-hydrogen) atoms. The van der Waals surface area contributed by atoms with Crippen LogP contribution < -0.4 is 5.32 Å². The van der Waals surface area contributed by atoms with Gasteiger partial charge in [0.15, 0.2) is 0 Å². The second-order valence-electron chi connectivity index (χ2n) is 7.16. The fraction of sp³-hybridized carbons (Fsp3) is 0.304. The fourth-order valence-corrected chi connectivity index (χ4v) is 4.38. The quantitative estimate of drug-likeness (QED) is 0.554. The number of oxazole rings is 1. The minimum absolute atomic E-state index is 0.00184. The van der Waals surface area contributed by atoms with Gasteiger partial charge < -0.3 is 9.73 Å². The van der Waals surface area contributed by atoms with Crippen LogP contribution in [0.1, 0.15) is 47.5 Å². The SMILES string of the molecule is Cc1oc(-c2ccc(C(=O)NC3CCCC3)cc2)nc1CSc1ccccc1. The van der Waals surface area contributed by atoms with E-state index in [0.29, 0.717) is 17.5 Å². The highest BCUT2D eigenvalue weighted by atomic mass is 32.2. The molecule has 0 saturated heterocycles. The molecule has 0 spiro atoms. The number of hydrogen-bond donors (Lipinski definition) is 1. The summed E-state index contributed by atoms with van der Waals surface area (Å²) in [6.07, 6.45) is 4.59. The van der Waals surface area contributed by atoms with Crippen LogP contribution in [0.15, 0.2) is 63.9 Å². The molecule has 144 valence electrons. The average molecular weight is 393 g/mol. The summed E-state index contributed by atoms with van der Waals surface area (Å²) in [4.78, 5) is 18.3. The van der Waals surface area contributed by atoms with Crippen LogP contribution >= 0.6 is 11.8 Å². The third kappa shape index (κ3) is 4.47. The van der Waals surface area contributed by atoms with Gasteiger partial charge in [-0.2, -0.15) is 0 Å². The van der Waals surface area contributed by atoms with E-state index >= 15 is 0 Å². The summed E-state index contributed by atoms with van der Waals surface area (Å²) in [6, 6.07) is 18.1. The number of nitrogens with zero attached hydrogens (tertiary/aromatic N) is 1. The van der Waals surface area contributed by atoms with Crippen LogP contribution in [0.4, 0.5) is 0 Å². The van der Waals surface area contributed by atoms with Gasteiger partial charge in [-0.25, -0.2) is 4.98 Å². The molecule has 1 N–H and O–H groups in total. The van der Waals surface area contributed by atoms with Gasteiger partial charge in [0, 0.05) is 27.8 Å². The first kappa shape index (κ1) is 18.8. The van der Waals surface area contributed by atoms with Gasteiger partial charge in [0.05, 0.1) is 5.69 Å². The number of aryl methyl sites for hydroxylation is 1. The summed E-state index contributed by atoms with van der Waals surface area (Å²) in [7, 11) is 0. The molecule has 5 heteroatoms. The lowest BCUT2D eigenvalue weighted by Crippen LogP contribution is -2.32. The zero-order valence-corrected chi connectivity index (χ0v) is 16.8. The van der Waals surface area contributed by atoms with Crippen LogP contribution in [0.25, 0.3) is 11.5 Å². The number of hydrogen-bond acceptors (Lipinski definition) is 4. The van der Waals surface area contributed by atoms with Gasteiger partial charge in [-0.3, -0.25) is 4.79 Å². The Labute approximate surface area is 169 Å². The van der Waals surface area contributed by atoms with Crippen LogP contribution in [0.2, 0.25) is 0 Å². The van der Waals surface area contributed by atoms with E-state index in [0.717, 1.165) is 35.6 Å². The lowest BCUT2D eigenvalue weighted by atomic mass is 10.1. The first-order valence-corrected chi connectivity index (χ1v) is 10.7. The molecule has 1 amide bonds. The van der Waals surface area contributed by atoms with Crippen molar-refractivity contribution in [2.24, 2.45) is 0 Å². The number of carbonyl (C=O) groups excluding carboxylic acids is 1. The molecule has 1 aromatic heterocycles. The van der Waals surface area contributed by atoms with Gasteiger partial charge in [-0.15, -0.1) is 11.8 Å². The van der Waals surface area contributed by atoms with Crippen molar-refractivity contribution in [2.75, 3.05) is 0 Å². The van der Waals surface area contributed by atoms with E-state index in [9.17, 15) is 4.79 Å². The minimum atomic E-state index is 0.00184. The summed E-state index contributed by atoms with van der Waals surface area (Å²) in [6.45, 7) is 1.95. The van der Waals surface area contributed by atoms with Gasteiger partial charge in [0.1, 0.15) is 5.76 Å². The molecule has 0 aliphatic heterocycles. The van der Waals surface area contributed by atoms with Crippen molar-refractivity contribution in [3.8, 4) is 11.5 Å². The summed E-state index contributed by atoms with van der Waals surface area (Å²) < 4.78 is 5.87. The maximum Gasteiger partial charge on any atom is 0.251 e. The van der Waals surface area contributed by atoms with E-state index in [4.69, 9.17) is 4.42 Å². The number of amides is 1. The highest BCUT2D eigenvalue weighted by Crippen LogP contribution is 2.27.